The van der Waals surface area contributed by atoms with E-state index in [-0.39, 0.29) is 6.61 Å². The van der Waals surface area contributed by atoms with Crippen molar-refractivity contribution in [2.45, 2.75) is 6.92 Å². The average molecular weight is 388 g/mol. The smallest absolute Gasteiger partial charge is 0.277 e. The topological polar surface area (TPSA) is 63.6 Å². The summed E-state index contributed by atoms with van der Waals surface area (Å²) in [6, 6.07) is 14.6. The highest BCUT2D eigenvalue weighted by molar-refractivity contribution is 6.32. The second-order valence-electron chi connectivity index (χ2n) is 5.53. The van der Waals surface area contributed by atoms with Gasteiger partial charge < -0.3 is 4.74 Å². The van der Waals surface area contributed by atoms with Gasteiger partial charge in [0.05, 0.1) is 16.8 Å². The molecule has 1 N–H and O–H groups in total. The molecule has 1 heterocycles. The van der Waals surface area contributed by atoms with Crippen molar-refractivity contribution < 1.29 is 9.53 Å². The first-order chi connectivity index (χ1) is 12.5. The van der Waals surface area contributed by atoms with Gasteiger partial charge in [0.25, 0.3) is 5.91 Å². The maximum absolute atomic E-state index is 11.8. The third-order valence-corrected chi connectivity index (χ3v) is 4.23. The molecule has 0 aliphatic rings. The number of carbonyl (C=O) groups is 1. The molecule has 0 spiro atoms. The molecule has 132 valence electrons. The van der Waals surface area contributed by atoms with Crippen molar-refractivity contribution in [2.75, 3.05) is 6.61 Å². The number of halogens is 2. The summed E-state index contributed by atoms with van der Waals surface area (Å²) in [7, 11) is 0. The summed E-state index contributed by atoms with van der Waals surface area (Å²) in [6.45, 7) is 1.77. The molecule has 3 rings (SSSR count). The van der Waals surface area contributed by atoms with Crippen LogP contribution in [0.2, 0.25) is 10.2 Å². The first-order valence-electron chi connectivity index (χ1n) is 7.79. The fraction of sp³-hybridized carbons (Fsp3) is 0.105. The standard InChI is InChI=1S/C19H15Cl2N3O2/c1-12-5-4-6-13-9-14(19(21)23-18(12)13)10-22-24-17(25)11-26-16-8-3-2-7-15(16)20/h2-10H,11H2,1H3,(H,24,25)/b22-10-. The lowest BCUT2D eigenvalue weighted by atomic mass is 10.1. The molecule has 5 nitrogen and oxygen atoms in total. The van der Waals surface area contributed by atoms with Gasteiger partial charge in [0, 0.05) is 10.9 Å². The van der Waals surface area contributed by atoms with Crippen molar-refractivity contribution in [1.82, 2.24) is 10.4 Å². The first kappa shape index (κ1) is 18.2. The third-order valence-electron chi connectivity index (χ3n) is 3.62. The van der Waals surface area contributed by atoms with Gasteiger partial charge >= 0.3 is 0 Å². The van der Waals surface area contributed by atoms with Crippen molar-refractivity contribution >= 4 is 46.2 Å². The number of hydrogen-bond acceptors (Lipinski definition) is 4. The quantitative estimate of drug-likeness (QED) is 0.401. The Morgan fingerprint density at radius 2 is 2.04 bits per heavy atom. The average Bonchev–Trinajstić information content (AvgIpc) is 2.62. The summed E-state index contributed by atoms with van der Waals surface area (Å²) in [4.78, 5) is 16.2. The minimum Gasteiger partial charge on any atom is -0.482 e. The van der Waals surface area contributed by atoms with Gasteiger partial charge in [-0.1, -0.05) is 53.5 Å². The fourth-order valence-corrected chi connectivity index (χ4v) is 2.72. The predicted octanol–water partition coefficient (Wildman–Crippen LogP) is 4.38. The number of carbonyl (C=O) groups excluding carboxylic acids is 1. The summed E-state index contributed by atoms with van der Waals surface area (Å²) < 4.78 is 5.34. The number of aromatic nitrogens is 1. The number of benzene rings is 2. The fourth-order valence-electron chi connectivity index (χ4n) is 2.34. The van der Waals surface area contributed by atoms with Crippen molar-refractivity contribution in [3.05, 3.63) is 69.8 Å². The zero-order chi connectivity index (χ0) is 18.5. The molecule has 1 amide bonds. The highest BCUT2D eigenvalue weighted by Crippen LogP contribution is 2.23. The third kappa shape index (κ3) is 4.31. The summed E-state index contributed by atoms with van der Waals surface area (Å²) in [5, 5.41) is 5.61. The Morgan fingerprint density at radius 1 is 1.23 bits per heavy atom. The van der Waals surface area contributed by atoms with E-state index in [0.717, 1.165) is 16.5 Å². The van der Waals surface area contributed by atoms with Gasteiger partial charge in [0.2, 0.25) is 0 Å². The molecule has 0 radical (unpaired) electrons. The van der Waals surface area contributed by atoms with Crippen molar-refractivity contribution in [3.63, 3.8) is 0 Å². The van der Waals surface area contributed by atoms with E-state index in [1.54, 1.807) is 24.3 Å². The number of para-hydroxylation sites is 2. The van der Waals surface area contributed by atoms with Crippen LogP contribution in [0.3, 0.4) is 0 Å². The largest absolute Gasteiger partial charge is 0.482 e. The molecule has 26 heavy (non-hydrogen) atoms. The summed E-state index contributed by atoms with van der Waals surface area (Å²) in [5.74, 6) is 0.0207. The zero-order valence-electron chi connectivity index (χ0n) is 13.9. The molecule has 0 fully saturated rings. The number of nitrogens with one attached hydrogen (secondary N) is 1. The van der Waals surface area contributed by atoms with E-state index >= 15 is 0 Å². The number of rotatable bonds is 5. The Labute approximate surface area is 160 Å². The lowest BCUT2D eigenvalue weighted by Gasteiger charge is -2.06. The van der Waals surface area contributed by atoms with Crippen LogP contribution in [0, 0.1) is 6.92 Å². The van der Waals surface area contributed by atoms with Gasteiger partial charge in [-0.2, -0.15) is 5.10 Å². The number of hydrogen-bond donors (Lipinski definition) is 1. The number of ether oxygens (including phenoxy) is 1. The Morgan fingerprint density at radius 3 is 2.85 bits per heavy atom. The Kier molecular flexibility index (Phi) is 5.71. The summed E-state index contributed by atoms with van der Waals surface area (Å²) in [6.07, 6.45) is 1.45. The SMILES string of the molecule is Cc1cccc2cc(/C=N\NC(=O)COc3ccccc3Cl)c(Cl)nc12. The maximum atomic E-state index is 11.8. The van der Waals surface area contributed by atoms with E-state index in [9.17, 15) is 4.79 Å². The zero-order valence-corrected chi connectivity index (χ0v) is 15.4. The van der Waals surface area contributed by atoms with Gasteiger partial charge in [-0.05, 0) is 30.7 Å². The van der Waals surface area contributed by atoms with Crippen LogP contribution >= 0.6 is 23.2 Å². The molecular weight excluding hydrogens is 373 g/mol. The lowest BCUT2D eigenvalue weighted by molar-refractivity contribution is -0.123. The van der Waals surface area contributed by atoms with Crippen LogP contribution in [0.15, 0.2) is 53.6 Å². The second-order valence-corrected chi connectivity index (χ2v) is 6.29. The molecular formula is C19H15Cl2N3O2. The molecule has 1 aromatic heterocycles. The van der Waals surface area contributed by atoms with Crippen LogP contribution in [-0.4, -0.2) is 23.7 Å². The lowest BCUT2D eigenvalue weighted by Crippen LogP contribution is -2.24. The number of pyridine rings is 1. The van der Waals surface area contributed by atoms with Gasteiger partial charge in [-0.25, -0.2) is 10.4 Å². The van der Waals surface area contributed by atoms with Gasteiger partial charge in [0.1, 0.15) is 10.9 Å². The summed E-state index contributed by atoms with van der Waals surface area (Å²) >= 11 is 12.2. The molecule has 0 aliphatic carbocycles. The summed E-state index contributed by atoms with van der Waals surface area (Å²) in [5.41, 5.74) is 4.87. The predicted molar refractivity (Wildman–Crippen MR) is 104 cm³/mol. The van der Waals surface area contributed by atoms with Crippen LogP contribution in [-0.2, 0) is 4.79 Å². The van der Waals surface area contributed by atoms with Gasteiger partial charge in [-0.3, -0.25) is 4.79 Å². The maximum Gasteiger partial charge on any atom is 0.277 e. The Balaban J connectivity index is 1.63. The molecule has 0 saturated heterocycles. The molecule has 0 aliphatic heterocycles. The first-order valence-corrected chi connectivity index (χ1v) is 8.55. The molecule has 2 aromatic carbocycles. The van der Waals surface area contributed by atoms with E-state index in [2.05, 4.69) is 15.5 Å². The number of aryl methyl sites for hydroxylation is 1. The van der Waals surface area contributed by atoms with Crippen LogP contribution in [0.25, 0.3) is 10.9 Å². The molecule has 0 unspecified atom stereocenters. The van der Waals surface area contributed by atoms with Crippen LogP contribution in [0.1, 0.15) is 11.1 Å². The molecule has 0 bridgehead atoms. The van der Waals surface area contributed by atoms with Crippen LogP contribution in [0.5, 0.6) is 5.75 Å². The van der Waals surface area contributed by atoms with E-state index in [1.807, 2.05) is 31.2 Å². The minimum absolute atomic E-state index is 0.204. The van der Waals surface area contributed by atoms with Crippen molar-refractivity contribution in [2.24, 2.45) is 5.10 Å². The molecule has 3 aromatic rings. The highest BCUT2D eigenvalue weighted by atomic mass is 35.5. The monoisotopic (exact) mass is 387 g/mol. The van der Waals surface area contributed by atoms with Gasteiger partial charge in [0.15, 0.2) is 6.61 Å². The Hall–Kier alpha value is -2.63. The van der Waals surface area contributed by atoms with E-state index in [4.69, 9.17) is 27.9 Å². The number of nitrogens with zero attached hydrogens (tertiary/aromatic N) is 2. The minimum atomic E-state index is -0.415. The molecule has 0 atom stereocenters. The normalized spacial score (nSPS) is 11.0. The number of amides is 1. The van der Waals surface area contributed by atoms with Crippen LogP contribution in [0.4, 0.5) is 0 Å². The van der Waals surface area contributed by atoms with Crippen LogP contribution < -0.4 is 10.2 Å². The second kappa shape index (κ2) is 8.17. The number of fused-ring (bicyclic) bond motifs is 1. The highest BCUT2D eigenvalue weighted by Gasteiger charge is 2.06. The Bertz CT molecular complexity index is 990. The van der Waals surface area contributed by atoms with Crippen molar-refractivity contribution in [1.29, 1.82) is 0 Å². The van der Waals surface area contributed by atoms with Crippen molar-refractivity contribution in [3.8, 4) is 5.75 Å². The van der Waals surface area contributed by atoms with E-state index in [0.29, 0.717) is 21.5 Å². The van der Waals surface area contributed by atoms with E-state index in [1.165, 1.54) is 6.21 Å². The number of hydrazone groups is 1. The molecule has 0 saturated carbocycles. The van der Waals surface area contributed by atoms with Gasteiger partial charge in [-0.15, -0.1) is 0 Å². The molecule has 7 heteroatoms. The van der Waals surface area contributed by atoms with E-state index < -0.39 is 5.91 Å².